The molecular formula is C23H24ClF7O2. The highest BCUT2D eigenvalue weighted by atomic mass is 35.5. The molecule has 0 saturated heterocycles. The molecule has 10 heteroatoms. The quantitative estimate of drug-likeness (QED) is 0.423. The van der Waals surface area contributed by atoms with Crippen molar-refractivity contribution in [3.8, 4) is 0 Å². The largest absolute Gasteiger partial charge is 0.501 e. The van der Waals surface area contributed by atoms with Gasteiger partial charge >= 0.3 is 12.4 Å². The first-order valence-electron chi connectivity index (χ1n) is 9.97. The van der Waals surface area contributed by atoms with Crippen LogP contribution in [0.15, 0.2) is 47.8 Å². The van der Waals surface area contributed by atoms with E-state index in [4.69, 9.17) is 16.3 Å². The molecule has 1 aliphatic heterocycles. The summed E-state index contributed by atoms with van der Waals surface area (Å²) in [6.45, 7) is 5.00. The van der Waals surface area contributed by atoms with Crippen LogP contribution in [0.2, 0.25) is 5.02 Å². The molecule has 1 unspecified atom stereocenters. The van der Waals surface area contributed by atoms with E-state index in [1.165, 1.54) is 26.2 Å². The number of ether oxygens (including phenoxy) is 1. The van der Waals surface area contributed by atoms with E-state index in [2.05, 4.69) is 0 Å². The Kier molecular flexibility index (Phi) is 8.01. The van der Waals surface area contributed by atoms with Crippen LogP contribution in [0.25, 0.3) is 0 Å². The standard InChI is InChI=1S/C23H24ClF7O2/c1-14-5-4-6-16(12-33-8-7-14)20(2,3)13-21(32,23(29,30)31)11-15-9-17(22(26,27)28)10-18(24)19(15)25/h4-6,9-10,12,32H,7-8,11,13H2,1-3H3/b6-4-,14-5+,16-12-. The normalized spacial score (nSPS) is 21.9. The lowest BCUT2D eigenvalue weighted by Gasteiger charge is -2.38. The van der Waals surface area contributed by atoms with E-state index in [0.29, 0.717) is 18.6 Å². The highest BCUT2D eigenvalue weighted by molar-refractivity contribution is 6.30. The molecule has 2 nitrogen and oxygen atoms in total. The van der Waals surface area contributed by atoms with E-state index in [1.54, 1.807) is 12.2 Å². The van der Waals surface area contributed by atoms with Crippen molar-refractivity contribution in [3.05, 3.63) is 69.7 Å². The van der Waals surface area contributed by atoms with Gasteiger partial charge in [-0.15, -0.1) is 0 Å². The Morgan fingerprint density at radius 3 is 2.30 bits per heavy atom. The molecule has 0 spiro atoms. The SMILES string of the molecule is C\C1=C/C=C\C(C(C)(C)CC(O)(Cc2cc(C(F)(F)F)cc(Cl)c2F)C(F)(F)F)=C\OCC1. The van der Waals surface area contributed by atoms with Crippen LogP contribution in [-0.2, 0) is 17.3 Å². The summed E-state index contributed by atoms with van der Waals surface area (Å²) in [5.74, 6) is -1.45. The molecule has 0 aliphatic carbocycles. The molecule has 1 aliphatic rings. The molecule has 2 rings (SSSR count). The first-order chi connectivity index (χ1) is 15.0. The van der Waals surface area contributed by atoms with Crippen molar-refractivity contribution in [2.24, 2.45) is 5.41 Å². The summed E-state index contributed by atoms with van der Waals surface area (Å²) in [6, 6.07) is 0.525. The van der Waals surface area contributed by atoms with Gasteiger partial charge in [-0.05, 0) is 42.0 Å². The van der Waals surface area contributed by atoms with Crippen molar-refractivity contribution >= 4 is 11.6 Å². The summed E-state index contributed by atoms with van der Waals surface area (Å²) < 4.78 is 101. The average Bonchev–Trinajstić information content (AvgIpc) is 2.75. The Balaban J connectivity index is 2.49. The third-order valence-electron chi connectivity index (χ3n) is 5.44. The third kappa shape index (κ3) is 6.76. The lowest BCUT2D eigenvalue weighted by atomic mass is 9.72. The molecule has 0 saturated carbocycles. The first-order valence-corrected chi connectivity index (χ1v) is 10.3. The molecule has 184 valence electrons. The summed E-state index contributed by atoms with van der Waals surface area (Å²) in [4.78, 5) is 0. The van der Waals surface area contributed by atoms with Crippen LogP contribution in [0.3, 0.4) is 0 Å². The number of alkyl halides is 6. The van der Waals surface area contributed by atoms with Gasteiger partial charge in [-0.25, -0.2) is 4.39 Å². The van der Waals surface area contributed by atoms with Crippen molar-refractivity contribution in [3.63, 3.8) is 0 Å². The Bertz CT molecular complexity index is 959. The van der Waals surface area contributed by atoms with Gasteiger partial charge in [0, 0.05) is 12.8 Å². The monoisotopic (exact) mass is 500 g/mol. The van der Waals surface area contributed by atoms with Crippen LogP contribution in [0.1, 0.15) is 44.7 Å². The van der Waals surface area contributed by atoms with E-state index in [-0.39, 0.29) is 12.1 Å². The van der Waals surface area contributed by atoms with Crippen LogP contribution >= 0.6 is 11.6 Å². The van der Waals surface area contributed by atoms with Crippen LogP contribution in [-0.4, -0.2) is 23.5 Å². The number of allylic oxidation sites excluding steroid dienone is 4. The zero-order chi connectivity index (χ0) is 25.2. The second kappa shape index (κ2) is 9.70. The molecule has 1 atom stereocenters. The van der Waals surface area contributed by atoms with Gasteiger partial charge in [-0.1, -0.05) is 49.2 Å². The van der Waals surface area contributed by atoms with Crippen molar-refractivity contribution in [2.75, 3.05) is 6.61 Å². The maximum atomic E-state index is 14.4. The summed E-state index contributed by atoms with van der Waals surface area (Å²) in [5.41, 5.74) is -6.00. The van der Waals surface area contributed by atoms with Gasteiger partial charge < -0.3 is 9.84 Å². The van der Waals surface area contributed by atoms with Gasteiger partial charge in [0.15, 0.2) is 5.60 Å². The van der Waals surface area contributed by atoms with Crippen LogP contribution in [0, 0.1) is 11.2 Å². The summed E-state index contributed by atoms with van der Waals surface area (Å²) in [5, 5.41) is 9.69. The number of benzene rings is 1. The van der Waals surface area contributed by atoms with E-state index in [9.17, 15) is 35.8 Å². The summed E-state index contributed by atoms with van der Waals surface area (Å²) in [7, 11) is 0. The fraction of sp³-hybridized carbons (Fsp3) is 0.478. The zero-order valence-electron chi connectivity index (χ0n) is 18.2. The molecule has 1 heterocycles. The van der Waals surface area contributed by atoms with Gasteiger partial charge in [-0.3, -0.25) is 0 Å². The highest BCUT2D eigenvalue weighted by Crippen LogP contribution is 2.46. The Labute approximate surface area is 192 Å². The second-order valence-electron chi connectivity index (χ2n) is 8.76. The molecular weight excluding hydrogens is 477 g/mol. The minimum atomic E-state index is -5.28. The lowest BCUT2D eigenvalue weighted by Crippen LogP contribution is -2.50. The highest BCUT2D eigenvalue weighted by Gasteiger charge is 2.56. The van der Waals surface area contributed by atoms with Gasteiger partial charge in [0.2, 0.25) is 0 Å². The van der Waals surface area contributed by atoms with Crippen LogP contribution < -0.4 is 0 Å². The Morgan fingerprint density at radius 2 is 1.73 bits per heavy atom. The van der Waals surface area contributed by atoms with E-state index < -0.39 is 58.2 Å². The Morgan fingerprint density at radius 1 is 1.09 bits per heavy atom. The number of hydrogen-bond acceptors (Lipinski definition) is 2. The molecule has 0 radical (unpaired) electrons. The van der Waals surface area contributed by atoms with Gasteiger partial charge in [0.05, 0.1) is 23.5 Å². The van der Waals surface area contributed by atoms with Crippen molar-refractivity contribution in [1.82, 2.24) is 0 Å². The van der Waals surface area contributed by atoms with E-state index in [1.807, 2.05) is 6.92 Å². The Hall–Kier alpha value is -2.00. The maximum Gasteiger partial charge on any atom is 0.417 e. The summed E-state index contributed by atoms with van der Waals surface area (Å²) >= 11 is 5.51. The van der Waals surface area contributed by atoms with Gasteiger partial charge in [0.25, 0.3) is 0 Å². The van der Waals surface area contributed by atoms with Crippen LogP contribution in [0.4, 0.5) is 30.7 Å². The predicted octanol–water partition coefficient (Wildman–Crippen LogP) is 7.56. The van der Waals surface area contributed by atoms with Crippen LogP contribution in [0.5, 0.6) is 0 Å². The molecule has 1 N–H and O–H groups in total. The van der Waals surface area contributed by atoms with Crippen molar-refractivity contribution < 1.29 is 40.6 Å². The molecule has 0 fully saturated rings. The molecule has 0 aromatic heterocycles. The molecule has 1 aromatic rings. The third-order valence-corrected chi connectivity index (χ3v) is 5.71. The lowest BCUT2D eigenvalue weighted by molar-refractivity contribution is -0.268. The number of aliphatic hydroxyl groups is 1. The molecule has 0 amide bonds. The zero-order valence-corrected chi connectivity index (χ0v) is 18.9. The minimum Gasteiger partial charge on any atom is -0.501 e. The first kappa shape index (κ1) is 27.2. The number of rotatable bonds is 5. The van der Waals surface area contributed by atoms with Crippen molar-refractivity contribution in [2.45, 2.75) is 58.0 Å². The number of halogens is 8. The van der Waals surface area contributed by atoms with E-state index in [0.717, 1.165) is 5.57 Å². The topological polar surface area (TPSA) is 29.5 Å². The van der Waals surface area contributed by atoms with Gasteiger partial charge in [0.1, 0.15) is 5.82 Å². The van der Waals surface area contributed by atoms with Gasteiger partial charge in [-0.2, -0.15) is 26.3 Å². The molecule has 0 bridgehead atoms. The maximum absolute atomic E-state index is 14.4. The molecule has 1 aromatic carbocycles. The predicted molar refractivity (Wildman–Crippen MR) is 111 cm³/mol. The molecule has 33 heavy (non-hydrogen) atoms. The fourth-order valence-electron chi connectivity index (χ4n) is 3.54. The van der Waals surface area contributed by atoms with E-state index >= 15 is 0 Å². The average molecular weight is 501 g/mol. The van der Waals surface area contributed by atoms with Crippen molar-refractivity contribution in [1.29, 1.82) is 0 Å². The second-order valence-corrected chi connectivity index (χ2v) is 9.17. The number of hydrogen-bond donors (Lipinski definition) is 1. The fourth-order valence-corrected chi connectivity index (χ4v) is 3.78. The summed E-state index contributed by atoms with van der Waals surface area (Å²) in [6.07, 6.45) is -5.82. The minimum absolute atomic E-state index is 0.237. The smallest absolute Gasteiger partial charge is 0.417 e.